The highest BCUT2D eigenvalue weighted by molar-refractivity contribution is 5.99. The van der Waals surface area contributed by atoms with Gasteiger partial charge in [-0.05, 0) is 30.2 Å². The first-order valence-electron chi connectivity index (χ1n) is 8.46. The predicted octanol–water partition coefficient (Wildman–Crippen LogP) is 2.13. The zero-order valence-electron chi connectivity index (χ0n) is 14.8. The number of carbonyl (C=O) groups excluding carboxylic acids is 3. The van der Waals surface area contributed by atoms with E-state index in [9.17, 15) is 14.4 Å². The third-order valence-corrected chi connectivity index (χ3v) is 4.01. The Bertz CT molecular complexity index is 859. The van der Waals surface area contributed by atoms with Crippen LogP contribution in [-0.4, -0.2) is 37.6 Å². The summed E-state index contributed by atoms with van der Waals surface area (Å²) in [6.07, 6.45) is 0.674. The number of fused-ring (bicyclic) bond motifs is 1. The van der Waals surface area contributed by atoms with Crippen molar-refractivity contribution in [3.63, 3.8) is 0 Å². The van der Waals surface area contributed by atoms with Gasteiger partial charge in [0.25, 0.3) is 0 Å². The van der Waals surface area contributed by atoms with Crippen molar-refractivity contribution in [2.45, 2.75) is 13.3 Å². The second-order valence-corrected chi connectivity index (χ2v) is 6.00. The monoisotopic (exact) mass is 369 g/mol. The van der Waals surface area contributed by atoms with Crippen molar-refractivity contribution in [3.8, 4) is 11.5 Å². The molecule has 0 spiro atoms. The van der Waals surface area contributed by atoms with Gasteiger partial charge in [-0.2, -0.15) is 0 Å². The second-order valence-electron chi connectivity index (χ2n) is 6.00. The molecule has 0 saturated carbocycles. The van der Waals surface area contributed by atoms with E-state index in [0.717, 1.165) is 5.56 Å². The van der Waals surface area contributed by atoms with E-state index in [-0.39, 0.29) is 25.1 Å². The Hall–Kier alpha value is -3.35. The van der Waals surface area contributed by atoms with Crippen LogP contribution in [0.4, 0.5) is 0 Å². The average Bonchev–Trinajstić information content (AvgIpc) is 3.14. The number of ketones is 1. The van der Waals surface area contributed by atoms with Crippen LogP contribution < -0.4 is 14.8 Å². The van der Waals surface area contributed by atoms with Crippen LogP contribution in [0.3, 0.4) is 0 Å². The average molecular weight is 369 g/mol. The minimum Gasteiger partial charge on any atom is -0.454 e. The fourth-order valence-electron chi connectivity index (χ4n) is 2.56. The molecule has 0 atom stereocenters. The van der Waals surface area contributed by atoms with Gasteiger partial charge in [-0.25, -0.2) is 4.79 Å². The van der Waals surface area contributed by atoms with Gasteiger partial charge in [0, 0.05) is 19.0 Å². The molecule has 0 fully saturated rings. The molecule has 0 radical (unpaired) electrons. The smallest absolute Gasteiger partial charge is 0.338 e. The maximum atomic E-state index is 12.2. The zero-order valence-corrected chi connectivity index (χ0v) is 14.8. The number of hydrogen-bond acceptors (Lipinski definition) is 6. The SMILES string of the molecule is CC(=O)NCCc1ccc(C(=O)COC(=O)c2ccc3c(c2)OCO3)cc1. The van der Waals surface area contributed by atoms with E-state index in [1.54, 1.807) is 24.3 Å². The van der Waals surface area contributed by atoms with Crippen LogP contribution in [0, 0.1) is 0 Å². The molecule has 2 aromatic carbocycles. The predicted molar refractivity (Wildman–Crippen MR) is 96.0 cm³/mol. The van der Waals surface area contributed by atoms with E-state index >= 15 is 0 Å². The Balaban J connectivity index is 1.51. The first-order chi connectivity index (χ1) is 13.0. The Morgan fingerprint density at radius 3 is 2.44 bits per heavy atom. The van der Waals surface area contributed by atoms with E-state index in [1.807, 2.05) is 12.1 Å². The van der Waals surface area contributed by atoms with Crippen LogP contribution in [0.25, 0.3) is 0 Å². The van der Waals surface area contributed by atoms with Crippen LogP contribution in [-0.2, 0) is 16.0 Å². The Morgan fingerprint density at radius 1 is 1.00 bits per heavy atom. The normalized spacial score (nSPS) is 11.7. The van der Waals surface area contributed by atoms with E-state index in [4.69, 9.17) is 14.2 Å². The molecule has 140 valence electrons. The Morgan fingerprint density at radius 2 is 1.70 bits per heavy atom. The molecular weight excluding hydrogens is 350 g/mol. The largest absolute Gasteiger partial charge is 0.454 e. The molecule has 1 aliphatic rings. The van der Waals surface area contributed by atoms with Crippen molar-refractivity contribution in [1.29, 1.82) is 0 Å². The second kappa shape index (κ2) is 8.35. The van der Waals surface area contributed by atoms with Crippen molar-refractivity contribution < 1.29 is 28.6 Å². The topological polar surface area (TPSA) is 90.9 Å². The summed E-state index contributed by atoms with van der Waals surface area (Å²) in [5, 5.41) is 2.72. The van der Waals surface area contributed by atoms with Crippen LogP contribution >= 0.6 is 0 Å². The molecule has 0 unspecified atom stereocenters. The molecular formula is C20H19NO6. The molecule has 0 aliphatic carbocycles. The number of carbonyl (C=O) groups is 3. The molecule has 1 aliphatic heterocycles. The lowest BCUT2D eigenvalue weighted by molar-refractivity contribution is -0.118. The molecule has 2 aromatic rings. The quantitative estimate of drug-likeness (QED) is 0.594. The number of Topliss-reactive ketones (excluding diaryl/α,β-unsaturated/α-hetero) is 1. The summed E-state index contributed by atoms with van der Waals surface area (Å²) in [5.74, 6) is 0.0732. The maximum absolute atomic E-state index is 12.2. The molecule has 0 saturated heterocycles. The third kappa shape index (κ3) is 4.84. The van der Waals surface area contributed by atoms with Gasteiger partial charge in [-0.15, -0.1) is 0 Å². The fraction of sp³-hybridized carbons (Fsp3) is 0.250. The number of esters is 1. The highest BCUT2D eigenvalue weighted by Crippen LogP contribution is 2.32. The van der Waals surface area contributed by atoms with Gasteiger partial charge in [0.2, 0.25) is 12.7 Å². The third-order valence-electron chi connectivity index (χ3n) is 4.01. The lowest BCUT2D eigenvalue weighted by Crippen LogP contribution is -2.22. The molecule has 1 amide bonds. The molecule has 7 heteroatoms. The maximum Gasteiger partial charge on any atom is 0.338 e. The van der Waals surface area contributed by atoms with E-state index in [0.29, 0.717) is 35.6 Å². The summed E-state index contributed by atoms with van der Waals surface area (Å²) in [4.78, 5) is 35.2. The molecule has 3 rings (SSSR count). The van der Waals surface area contributed by atoms with Crippen molar-refractivity contribution in [1.82, 2.24) is 5.32 Å². The van der Waals surface area contributed by atoms with Crippen LogP contribution in [0.2, 0.25) is 0 Å². The number of ether oxygens (including phenoxy) is 3. The highest BCUT2D eigenvalue weighted by atomic mass is 16.7. The number of amides is 1. The molecule has 1 heterocycles. The number of rotatable bonds is 7. The minimum atomic E-state index is -0.603. The molecule has 7 nitrogen and oxygen atoms in total. The molecule has 27 heavy (non-hydrogen) atoms. The van der Waals surface area contributed by atoms with Crippen molar-refractivity contribution in [3.05, 3.63) is 59.2 Å². The van der Waals surface area contributed by atoms with Crippen LogP contribution in [0.5, 0.6) is 11.5 Å². The van der Waals surface area contributed by atoms with Gasteiger partial charge in [0.15, 0.2) is 23.9 Å². The minimum absolute atomic E-state index is 0.0777. The van der Waals surface area contributed by atoms with Crippen molar-refractivity contribution in [2.24, 2.45) is 0 Å². The molecule has 1 N–H and O–H groups in total. The van der Waals surface area contributed by atoms with Gasteiger partial charge in [-0.1, -0.05) is 24.3 Å². The summed E-state index contributed by atoms with van der Waals surface area (Å²) >= 11 is 0. The first kappa shape index (κ1) is 18.4. The van der Waals surface area contributed by atoms with E-state index in [1.165, 1.54) is 13.0 Å². The summed E-state index contributed by atoms with van der Waals surface area (Å²) in [6, 6.07) is 11.7. The van der Waals surface area contributed by atoms with Gasteiger partial charge >= 0.3 is 5.97 Å². The lowest BCUT2D eigenvalue weighted by Gasteiger charge is -2.06. The first-order valence-corrected chi connectivity index (χ1v) is 8.46. The summed E-state index contributed by atoms with van der Waals surface area (Å²) in [7, 11) is 0. The number of benzene rings is 2. The molecule has 0 bridgehead atoms. The van der Waals surface area contributed by atoms with Crippen molar-refractivity contribution >= 4 is 17.7 Å². The highest BCUT2D eigenvalue weighted by Gasteiger charge is 2.18. The summed E-state index contributed by atoms with van der Waals surface area (Å²) in [5.41, 5.74) is 1.75. The molecule has 0 aromatic heterocycles. The Labute approximate surface area is 156 Å². The Kier molecular flexibility index (Phi) is 5.71. The number of nitrogens with one attached hydrogen (secondary N) is 1. The van der Waals surface area contributed by atoms with Gasteiger partial charge in [-0.3, -0.25) is 9.59 Å². The van der Waals surface area contributed by atoms with Crippen LogP contribution in [0.15, 0.2) is 42.5 Å². The summed E-state index contributed by atoms with van der Waals surface area (Å²) in [6.45, 7) is 1.77. The lowest BCUT2D eigenvalue weighted by atomic mass is 10.1. The zero-order chi connectivity index (χ0) is 19.2. The van der Waals surface area contributed by atoms with Crippen molar-refractivity contribution in [2.75, 3.05) is 19.9 Å². The fourth-order valence-corrected chi connectivity index (χ4v) is 2.56. The van der Waals surface area contributed by atoms with Gasteiger partial charge < -0.3 is 19.5 Å². The van der Waals surface area contributed by atoms with E-state index in [2.05, 4.69) is 5.32 Å². The summed E-state index contributed by atoms with van der Waals surface area (Å²) < 4.78 is 15.5. The van der Waals surface area contributed by atoms with Gasteiger partial charge in [0.05, 0.1) is 5.56 Å². The van der Waals surface area contributed by atoms with Gasteiger partial charge in [0.1, 0.15) is 0 Å². The van der Waals surface area contributed by atoms with E-state index < -0.39 is 5.97 Å². The standard InChI is InChI=1S/C20H19NO6/c1-13(22)21-9-8-14-2-4-15(5-3-14)17(23)11-25-20(24)16-6-7-18-19(10-16)27-12-26-18/h2-7,10H,8-9,11-12H2,1H3,(H,21,22). The number of hydrogen-bond donors (Lipinski definition) is 1. The van der Waals surface area contributed by atoms with Crippen LogP contribution in [0.1, 0.15) is 33.2 Å².